The highest BCUT2D eigenvalue weighted by molar-refractivity contribution is 5.26. The molecule has 0 amide bonds. The Labute approximate surface area is 96.8 Å². The lowest BCUT2D eigenvalue weighted by Gasteiger charge is -2.11. The Balaban J connectivity index is 2.36. The second-order valence-electron chi connectivity index (χ2n) is 3.65. The number of hydrogen-bond acceptors (Lipinski definition) is 3. The summed E-state index contributed by atoms with van der Waals surface area (Å²) >= 11 is 0. The molecule has 0 saturated carbocycles. The maximum Gasteiger partial charge on any atom is 0.132 e. The van der Waals surface area contributed by atoms with Gasteiger partial charge in [0.25, 0.3) is 0 Å². The third-order valence-corrected chi connectivity index (χ3v) is 2.34. The Morgan fingerprint density at radius 1 is 1.18 bits per heavy atom. The van der Waals surface area contributed by atoms with Crippen LogP contribution in [0.4, 0.5) is 8.78 Å². The summed E-state index contributed by atoms with van der Waals surface area (Å²) in [5.74, 6) is -1.49. The highest BCUT2D eigenvalue weighted by Crippen LogP contribution is 2.22. The molecule has 5 heteroatoms. The average molecular weight is 236 g/mol. The van der Waals surface area contributed by atoms with Gasteiger partial charge in [-0.2, -0.15) is 0 Å². The maximum atomic E-state index is 13.4. The summed E-state index contributed by atoms with van der Waals surface area (Å²) in [6, 6.07) is 3.00. The number of rotatable bonds is 2. The highest BCUT2D eigenvalue weighted by Gasteiger charge is 2.16. The number of benzene rings is 1. The van der Waals surface area contributed by atoms with Crippen molar-refractivity contribution in [2.75, 3.05) is 0 Å². The van der Waals surface area contributed by atoms with E-state index in [1.807, 2.05) is 0 Å². The summed E-state index contributed by atoms with van der Waals surface area (Å²) in [5.41, 5.74) is 0.895. The van der Waals surface area contributed by atoms with Gasteiger partial charge in [-0.05, 0) is 13.0 Å². The standard InChI is InChI=1S/C12H10F2N2O/c1-7-5-16-11(6-15-7)12(17)9-3-2-8(13)4-10(9)14/h2-6,12,17H,1H3. The first kappa shape index (κ1) is 11.6. The molecule has 1 aromatic heterocycles. The molecule has 88 valence electrons. The highest BCUT2D eigenvalue weighted by atomic mass is 19.1. The molecule has 17 heavy (non-hydrogen) atoms. The van der Waals surface area contributed by atoms with Crippen LogP contribution in [0.1, 0.15) is 23.1 Å². The van der Waals surface area contributed by atoms with Crippen LogP contribution in [0.15, 0.2) is 30.6 Å². The largest absolute Gasteiger partial charge is 0.382 e. The van der Waals surface area contributed by atoms with E-state index in [-0.39, 0.29) is 11.3 Å². The quantitative estimate of drug-likeness (QED) is 0.868. The molecule has 0 saturated heterocycles. The van der Waals surface area contributed by atoms with Gasteiger partial charge in [0, 0.05) is 17.8 Å². The fourth-order valence-electron chi connectivity index (χ4n) is 1.43. The fraction of sp³-hybridized carbons (Fsp3) is 0.167. The Bertz CT molecular complexity index is 529. The van der Waals surface area contributed by atoms with E-state index >= 15 is 0 Å². The van der Waals surface area contributed by atoms with Crippen LogP contribution in [0.3, 0.4) is 0 Å². The van der Waals surface area contributed by atoms with Gasteiger partial charge < -0.3 is 5.11 Å². The molecule has 1 N–H and O–H groups in total. The molecular formula is C12H10F2N2O. The molecule has 1 atom stereocenters. The molecule has 0 aliphatic carbocycles. The van der Waals surface area contributed by atoms with Crippen LogP contribution in [0.2, 0.25) is 0 Å². The third kappa shape index (κ3) is 2.45. The number of hydrogen-bond donors (Lipinski definition) is 1. The zero-order chi connectivity index (χ0) is 12.4. The van der Waals surface area contributed by atoms with Crippen molar-refractivity contribution in [3.05, 3.63) is 59.2 Å². The molecule has 0 fully saturated rings. The molecular weight excluding hydrogens is 226 g/mol. The minimum absolute atomic E-state index is 0.0236. The van der Waals surface area contributed by atoms with Crippen molar-refractivity contribution in [3.8, 4) is 0 Å². The molecule has 0 bridgehead atoms. The number of nitrogens with zero attached hydrogens (tertiary/aromatic N) is 2. The van der Waals surface area contributed by atoms with Gasteiger partial charge in [0.2, 0.25) is 0 Å². The molecule has 1 heterocycles. The number of halogens is 2. The minimum Gasteiger partial charge on any atom is -0.382 e. The molecule has 0 aliphatic rings. The molecule has 0 radical (unpaired) electrons. The fourth-order valence-corrected chi connectivity index (χ4v) is 1.43. The Morgan fingerprint density at radius 2 is 1.94 bits per heavy atom. The van der Waals surface area contributed by atoms with Crippen molar-refractivity contribution < 1.29 is 13.9 Å². The first-order valence-electron chi connectivity index (χ1n) is 4.99. The van der Waals surface area contributed by atoms with E-state index in [9.17, 15) is 13.9 Å². The first-order chi connectivity index (χ1) is 8.08. The topological polar surface area (TPSA) is 46.0 Å². The molecule has 1 aromatic carbocycles. The zero-order valence-corrected chi connectivity index (χ0v) is 9.06. The summed E-state index contributed by atoms with van der Waals surface area (Å²) in [7, 11) is 0. The monoisotopic (exact) mass is 236 g/mol. The van der Waals surface area contributed by atoms with E-state index in [2.05, 4.69) is 9.97 Å². The minimum atomic E-state index is -1.25. The normalized spacial score (nSPS) is 12.5. The van der Waals surface area contributed by atoms with Crippen LogP contribution in [0.5, 0.6) is 0 Å². The Morgan fingerprint density at radius 3 is 2.53 bits per heavy atom. The van der Waals surface area contributed by atoms with Crippen LogP contribution >= 0.6 is 0 Å². The summed E-state index contributed by atoms with van der Waals surface area (Å²) in [6.45, 7) is 1.75. The molecule has 2 rings (SSSR count). The van der Waals surface area contributed by atoms with E-state index in [0.717, 1.165) is 12.1 Å². The van der Waals surface area contributed by atoms with Crippen LogP contribution in [0.25, 0.3) is 0 Å². The van der Waals surface area contributed by atoms with Gasteiger partial charge in [0.1, 0.15) is 17.7 Å². The third-order valence-electron chi connectivity index (χ3n) is 2.34. The summed E-state index contributed by atoms with van der Waals surface area (Å²) in [5, 5.41) is 9.89. The van der Waals surface area contributed by atoms with Crippen LogP contribution < -0.4 is 0 Å². The molecule has 3 nitrogen and oxygen atoms in total. The Kier molecular flexibility index (Phi) is 3.10. The van der Waals surface area contributed by atoms with Crippen molar-refractivity contribution in [1.82, 2.24) is 9.97 Å². The maximum absolute atomic E-state index is 13.4. The van der Waals surface area contributed by atoms with Gasteiger partial charge in [-0.15, -0.1) is 0 Å². The van der Waals surface area contributed by atoms with Crippen molar-refractivity contribution in [1.29, 1.82) is 0 Å². The van der Waals surface area contributed by atoms with Gasteiger partial charge in [-0.1, -0.05) is 6.07 Å². The van der Waals surface area contributed by atoms with Crippen LogP contribution in [-0.4, -0.2) is 15.1 Å². The summed E-state index contributed by atoms with van der Waals surface area (Å²) < 4.78 is 26.1. The van der Waals surface area contributed by atoms with Crippen molar-refractivity contribution >= 4 is 0 Å². The van der Waals surface area contributed by atoms with Gasteiger partial charge in [-0.3, -0.25) is 9.97 Å². The number of aliphatic hydroxyl groups excluding tert-OH is 1. The summed E-state index contributed by atoms with van der Waals surface area (Å²) in [4.78, 5) is 7.90. The molecule has 1 unspecified atom stereocenters. The zero-order valence-electron chi connectivity index (χ0n) is 9.06. The number of aromatic nitrogens is 2. The molecule has 0 spiro atoms. The summed E-state index contributed by atoms with van der Waals surface area (Å²) in [6.07, 6.45) is 1.59. The lowest BCUT2D eigenvalue weighted by Crippen LogP contribution is -2.06. The lowest BCUT2D eigenvalue weighted by atomic mass is 10.1. The van der Waals surface area contributed by atoms with E-state index in [0.29, 0.717) is 5.69 Å². The molecule has 0 aliphatic heterocycles. The van der Waals surface area contributed by atoms with Gasteiger partial charge in [-0.25, -0.2) is 8.78 Å². The van der Waals surface area contributed by atoms with Gasteiger partial charge >= 0.3 is 0 Å². The smallest absolute Gasteiger partial charge is 0.132 e. The van der Waals surface area contributed by atoms with Crippen LogP contribution in [-0.2, 0) is 0 Å². The van der Waals surface area contributed by atoms with Gasteiger partial charge in [0.15, 0.2) is 0 Å². The second kappa shape index (κ2) is 4.55. The van der Waals surface area contributed by atoms with Crippen molar-refractivity contribution in [2.45, 2.75) is 13.0 Å². The lowest BCUT2D eigenvalue weighted by molar-refractivity contribution is 0.209. The first-order valence-corrected chi connectivity index (χ1v) is 4.99. The number of aryl methyl sites for hydroxylation is 1. The predicted octanol–water partition coefficient (Wildman–Crippen LogP) is 2.14. The Hall–Kier alpha value is -1.88. The number of aliphatic hydroxyl groups is 1. The second-order valence-corrected chi connectivity index (χ2v) is 3.65. The van der Waals surface area contributed by atoms with Gasteiger partial charge in [0.05, 0.1) is 17.6 Å². The SMILES string of the molecule is Cc1cnc(C(O)c2ccc(F)cc2F)cn1. The van der Waals surface area contributed by atoms with Crippen molar-refractivity contribution in [2.24, 2.45) is 0 Å². The van der Waals surface area contributed by atoms with Crippen LogP contribution in [0, 0.1) is 18.6 Å². The van der Waals surface area contributed by atoms with Crippen molar-refractivity contribution in [3.63, 3.8) is 0 Å². The van der Waals surface area contributed by atoms with E-state index in [1.54, 1.807) is 6.92 Å². The predicted molar refractivity (Wildman–Crippen MR) is 57.2 cm³/mol. The van der Waals surface area contributed by atoms with E-state index < -0.39 is 17.7 Å². The molecule has 2 aromatic rings. The van der Waals surface area contributed by atoms with E-state index in [4.69, 9.17) is 0 Å². The average Bonchev–Trinajstić information content (AvgIpc) is 2.29. The van der Waals surface area contributed by atoms with E-state index in [1.165, 1.54) is 18.5 Å².